The van der Waals surface area contributed by atoms with Crippen molar-refractivity contribution in [1.29, 1.82) is 0 Å². The molecule has 0 aliphatic carbocycles. The largest absolute Gasteiger partial charge is 0.394 e. The lowest BCUT2D eigenvalue weighted by Crippen LogP contribution is -2.49. The normalized spacial score (nSPS) is 23.8. The minimum Gasteiger partial charge on any atom is -0.394 e. The number of anilines is 1. The summed E-state index contributed by atoms with van der Waals surface area (Å²) in [4.78, 5) is 12.0. The lowest BCUT2D eigenvalue weighted by atomic mass is 10.1. The van der Waals surface area contributed by atoms with Crippen LogP contribution < -0.4 is 10.0 Å². The molecule has 0 unspecified atom stereocenters. The number of aliphatic hydroxyl groups excluding tert-OH is 1. The van der Waals surface area contributed by atoms with Crippen molar-refractivity contribution in [3.63, 3.8) is 0 Å². The topological polar surface area (TPSA) is 105 Å². The number of hydrogen-bond acceptors (Lipinski definition) is 5. The van der Waals surface area contributed by atoms with Gasteiger partial charge in [-0.2, -0.15) is 0 Å². The van der Waals surface area contributed by atoms with E-state index in [0.29, 0.717) is 5.69 Å². The number of nitrogens with one attached hydrogen (secondary N) is 2. The van der Waals surface area contributed by atoms with Gasteiger partial charge in [0.2, 0.25) is 15.9 Å². The van der Waals surface area contributed by atoms with Gasteiger partial charge in [0.05, 0.1) is 30.9 Å². The number of para-hydroxylation sites is 1. The molecule has 2 rings (SSSR count). The third-order valence-corrected chi connectivity index (χ3v) is 4.99. The monoisotopic (exact) mass is 354 g/mol. The van der Waals surface area contributed by atoms with Crippen LogP contribution in [0.15, 0.2) is 42.5 Å². The van der Waals surface area contributed by atoms with Gasteiger partial charge in [0.15, 0.2) is 0 Å². The van der Waals surface area contributed by atoms with Gasteiger partial charge in [-0.1, -0.05) is 30.4 Å². The minimum absolute atomic E-state index is 0.0571. The van der Waals surface area contributed by atoms with Crippen LogP contribution in [-0.4, -0.2) is 50.0 Å². The van der Waals surface area contributed by atoms with E-state index in [2.05, 4.69) is 10.0 Å². The Hall–Kier alpha value is -1.74. The maximum atomic E-state index is 12.0. The molecule has 7 nitrogen and oxygen atoms in total. The number of aliphatic hydroxyl groups is 1. The minimum atomic E-state index is -3.41. The number of sulfonamides is 1. The Morgan fingerprint density at radius 2 is 1.96 bits per heavy atom. The van der Waals surface area contributed by atoms with Gasteiger partial charge in [0.25, 0.3) is 0 Å². The van der Waals surface area contributed by atoms with Crippen molar-refractivity contribution in [2.45, 2.75) is 31.6 Å². The average molecular weight is 354 g/mol. The van der Waals surface area contributed by atoms with Crippen LogP contribution in [0.25, 0.3) is 0 Å². The molecule has 1 aliphatic rings. The van der Waals surface area contributed by atoms with E-state index in [1.807, 2.05) is 18.2 Å². The van der Waals surface area contributed by atoms with E-state index in [4.69, 9.17) is 4.74 Å². The second-order valence-corrected chi connectivity index (χ2v) is 7.49. The maximum Gasteiger partial charge on any atom is 0.227 e. The van der Waals surface area contributed by atoms with Gasteiger partial charge in [-0.15, -0.1) is 0 Å². The standard InChI is InChI=1S/C16H22N2O5S/c1-2-24(21,22)18-14-9-8-13(23-15(14)11-19)10-16(20)17-12-6-4-3-5-7-12/h3-9,13-15,18-19H,2,10-11H2,1H3,(H,17,20)/t13-,14+,15+/m1/s1. The molecule has 0 spiro atoms. The first-order chi connectivity index (χ1) is 11.4. The summed E-state index contributed by atoms with van der Waals surface area (Å²) in [6.07, 6.45) is 2.09. The zero-order valence-electron chi connectivity index (χ0n) is 13.4. The Morgan fingerprint density at radius 3 is 2.58 bits per heavy atom. The number of carbonyl (C=O) groups excluding carboxylic acids is 1. The summed E-state index contributed by atoms with van der Waals surface area (Å²) in [7, 11) is -3.41. The molecule has 1 heterocycles. The van der Waals surface area contributed by atoms with Crippen LogP contribution in [0.5, 0.6) is 0 Å². The van der Waals surface area contributed by atoms with Crippen molar-refractivity contribution in [2.75, 3.05) is 17.7 Å². The predicted octanol–water partition coefficient (Wildman–Crippen LogP) is 0.639. The van der Waals surface area contributed by atoms with Crippen LogP contribution in [0.2, 0.25) is 0 Å². The highest BCUT2D eigenvalue weighted by Gasteiger charge is 2.30. The number of hydrogen-bond donors (Lipinski definition) is 3. The summed E-state index contributed by atoms with van der Waals surface area (Å²) < 4.78 is 31.4. The molecule has 3 N–H and O–H groups in total. The Morgan fingerprint density at radius 1 is 1.25 bits per heavy atom. The molecule has 0 saturated heterocycles. The number of ether oxygens (including phenoxy) is 1. The third kappa shape index (κ3) is 5.41. The first kappa shape index (κ1) is 18.6. The molecule has 0 aromatic heterocycles. The molecule has 132 valence electrons. The van der Waals surface area contributed by atoms with Gasteiger partial charge in [0.1, 0.15) is 6.10 Å². The van der Waals surface area contributed by atoms with E-state index in [1.54, 1.807) is 24.3 Å². The molecule has 24 heavy (non-hydrogen) atoms. The lowest BCUT2D eigenvalue weighted by Gasteiger charge is -2.31. The number of carbonyl (C=O) groups is 1. The summed E-state index contributed by atoms with van der Waals surface area (Å²) in [5.74, 6) is -0.279. The Kier molecular flexibility index (Phi) is 6.50. The fourth-order valence-electron chi connectivity index (χ4n) is 2.32. The first-order valence-corrected chi connectivity index (χ1v) is 9.38. The molecule has 1 aliphatic heterocycles. The molecule has 0 fully saturated rings. The van der Waals surface area contributed by atoms with Gasteiger partial charge < -0.3 is 15.2 Å². The van der Waals surface area contributed by atoms with Crippen molar-refractivity contribution >= 4 is 21.6 Å². The van der Waals surface area contributed by atoms with Crippen molar-refractivity contribution in [2.24, 2.45) is 0 Å². The summed E-state index contributed by atoms with van der Waals surface area (Å²) in [6.45, 7) is 1.18. The zero-order valence-corrected chi connectivity index (χ0v) is 14.2. The van der Waals surface area contributed by atoms with Gasteiger partial charge in [-0.3, -0.25) is 4.79 Å². The fraction of sp³-hybridized carbons (Fsp3) is 0.438. The zero-order chi connectivity index (χ0) is 17.6. The number of amides is 1. The van der Waals surface area contributed by atoms with E-state index in [9.17, 15) is 18.3 Å². The van der Waals surface area contributed by atoms with Crippen molar-refractivity contribution in [1.82, 2.24) is 4.72 Å². The summed E-state index contributed by atoms with van der Waals surface area (Å²) in [5, 5.41) is 12.2. The highest BCUT2D eigenvalue weighted by Crippen LogP contribution is 2.17. The molecule has 8 heteroatoms. The average Bonchev–Trinajstić information content (AvgIpc) is 2.57. The molecule has 0 bridgehead atoms. The van der Waals surface area contributed by atoms with E-state index in [0.717, 1.165) is 0 Å². The smallest absolute Gasteiger partial charge is 0.227 e. The van der Waals surface area contributed by atoms with Crippen LogP contribution in [0.4, 0.5) is 5.69 Å². The fourth-order valence-corrected chi connectivity index (χ4v) is 3.13. The van der Waals surface area contributed by atoms with Crippen LogP contribution in [0.1, 0.15) is 13.3 Å². The molecular weight excluding hydrogens is 332 g/mol. The van der Waals surface area contributed by atoms with Gasteiger partial charge in [0, 0.05) is 5.69 Å². The van der Waals surface area contributed by atoms with Crippen LogP contribution >= 0.6 is 0 Å². The molecule has 1 aromatic rings. The highest BCUT2D eigenvalue weighted by molar-refractivity contribution is 7.89. The molecule has 3 atom stereocenters. The van der Waals surface area contributed by atoms with Gasteiger partial charge in [-0.05, 0) is 19.1 Å². The maximum absolute atomic E-state index is 12.0. The predicted molar refractivity (Wildman–Crippen MR) is 91.0 cm³/mol. The van der Waals surface area contributed by atoms with Crippen LogP contribution in [-0.2, 0) is 19.6 Å². The van der Waals surface area contributed by atoms with Crippen molar-refractivity contribution in [3.8, 4) is 0 Å². The molecule has 1 amide bonds. The third-order valence-electron chi connectivity index (χ3n) is 3.60. The molecule has 1 aromatic carbocycles. The Labute approximate surface area is 141 Å². The Bertz CT molecular complexity index is 675. The first-order valence-electron chi connectivity index (χ1n) is 7.73. The van der Waals surface area contributed by atoms with Gasteiger partial charge >= 0.3 is 0 Å². The van der Waals surface area contributed by atoms with Gasteiger partial charge in [-0.25, -0.2) is 13.1 Å². The number of benzene rings is 1. The second-order valence-electron chi connectivity index (χ2n) is 5.45. The van der Waals surface area contributed by atoms with E-state index in [-0.39, 0.29) is 24.7 Å². The number of rotatable bonds is 7. The second kappa shape index (κ2) is 8.39. The summed E-state index contributed by atoms with van der Waals surface area (Å²) >= 11 is 0. The molecule has 0 saturated carbocycles. The summed E-state index contributed by atoms with van der Waals surface area (Å²) in [5.41, 5.74) is 0.689. The van der Waals surface area contributed by atoms with Crippen LogP contribution in [0.3, 0.4) is 0 Å². The quantitative estimate of drug-likeness (QED) is 0.623. The van der Waals surface area contributed by atoms with E-state index >= 15 is 0 Å². The highest BCUT2D eigenvalue weighted by atomic mass is 32.2. The SMILES string of the molecule is CCS(=O)(=O)N[C@H]1C=C[C@H](CC(=O)Nc2ccccc2)O[C@H]1CO. The lowest BCUT2D eigenvalue weighted by molar-refractivity contribution is -0.120. The Balaban J connectivity index is 1.95. The van der Waals surface area contributed by atoms with Crippen LogP contribution in [0, 0.1) is 0 Å². The van der Waals surface area contributed by atoms with E-state index < -0.39 is 28.3 Å². The van der Waals surface area contributed by atoms with Crippen molar-refractivity contribution in [3.05, 3.63) is 42.5 Å². The molecule has 0 radical (unpaired) electrons. The van der Waals surface area contributed by atoms with E-state index in [1.165, 1.54) is 6.92 Å². The molecular formula is C16H22N2O5S. The van der Waals surface area contributed by atoms with Crippen molar-refractivity contribution < 1.29 is 23.1 Å². The summed E-state index contributed by atoms with van der Waals surface area (Å²) in [6, 6.07) is 8.40.